The standard InChI is InChI=1S/C14H19NO4/c1-4-19-14(16)13-10-8-12(18-3)11(17-2)7-9(10)5-6-15-13/h7-8,13,15H,4-6H2,1-3H3. The van der Waals surface area contributed by atoms with E-state index in [9.17, 15) is 4.79 Å². The minimum atomic E-state index is -0.427. The van der Waals surface area contributed by atoms with Crippen molar-refractivity contribution in [2.45, 2.75) is 19.4 Å². The molecule has 0 saturated carbocycles. The average Bonchev–Trinajstić information content (AvgIpc) is 2.45. The summed E-state index contributed by atoms with van der Waals surface area (Å²) >= 11 is 0. The van der Waals surface area contributed by atoms with Crippen LogP contribution in [0.5, 0.6) is 11.5 Å². The van der Waals surface area contributed by atoms with Crippen LogP contribution in [0.1, 0.15) is 24.1 Å². The molecule has 0 amide bonds. The van der Waals surface area contributed by atoms with Gasteiger partial charge in [0.15, 0.2) is 11.5 Å². The van der Waals surface area contributed by atoms with Crippen LogP contribution in [0.25, 0.3) is 0 Å². The summed E-state index contributed by atoms with van der Waals surface area (Å²) < 4.78 is 15.7. The minimum absolute atomic E-state index is 0.254. The molecule has 0 aliphatic carbocycles. The highest BCUT2D eigenvalue weighted by Gasteiger charge is 2.28. The molecule has 0 saturated heterocycles. The van der Waals surface area contributed by atoms with Crippen molar-refractivity contribution in [2.75, 3.05) is 27.4 Å². The molecule has 19 heavy (non-hydrogen) atoms. The maximum Gasteiger partial charge on any atom is 0.327 e. The first kappa shape index (κ1) is 13.7. The number of esters is 1. The SMILES string of the molecule is CCOC(=O)C1NCCc2cc(OC)c(OC)cc21. The van der Waals surface area contributed by atoms with Gasteiger partial charge in [0.2, 0.25) is 0 Å². The molecular weight excluding hydrogens is 246 g/mol. The highest BCUT2D eigenvalue weighted by atomic mass is 16.5. The minimum Gasteiger partial charge on any atom is -0.493 e. The second-order valence-corrected chi connectivity index (χ2v) is 4.30. The summed E-state index contributed by atoms with van der Waals surface area (Å²) in [5, 5.41) is 3.18. The fourth-order valence-corrected chi connectivity index (χ4v) is 2.32. The third-order valence-electron chi connectivity index (χ3n) is 3.22. The Morgan fingerprint density at radius 2 is 2.00 bits per heavy atom. The zero-order valence-electron chi connectivity index (χ0n) is 11.5. The van der Waals surface area contributed by atoms with Crippen LogP contribution in [0.4, 0.5) is 0 Å². The first-order valence-electron chi connectivity index (χ1n) is 6.36. The number of benzene rings is 1. The maximum absolute atomic E-state index is 12.0. The fourth-order valence-electron chi connectivity index (χ4n) is 2.32. The molecule has 5 heteroatoms. The van der Waals surface area contributed by atoms with Crippen molar-refractivity contribution >= 4 is 5.97 Å². The van der Waals surface area contributed by atoms with Gasteiger partial charge in [-0.05, 0) is 36.6 Å². The quantitative estimate of drug-likeness (QED) is 0.835. The van der Waals surface area contributed by atoms with E-state index in [0.29, 0.717) is 18.1 Å². The van der Waals surface area contributed by atoms with E-state index in [1.165, 1.54) is 0 Å². The van der Waals surface area contributed by atoms with E-state index < -0.39 is 6.04 Å². The molecule has 0 radical (unpaired) electrons. The Hall–Kier alpha value is -1.75. The van der Waals surface area contributed by atoms with Crippen LogP contribution in [0.15, 0.2) is 12.1 Å². The molecular formula is C14H19NO4. The predicted octanol–water partition coefficient (Wildman–Crippen LogP) is 1.45. The zero-order valence-corrected chi connectivity index (χ0v) is 11.5. The first-order chi connectivity index (χ1) is 9.21. The predicted molar refractivity (Wildman–Crippen MR) is 70.6 cm³/mol. The second kappa shape index (κ2) is 5.93. The third kappa shape index (κ3) is 2.66. The smallest absolute Gasteiger partial charge is 0.327 e. The molecule has 1 atom stereocenters. The maximum atomic E-state index is 12.0. The number of ether oxygens (including phenoxy) is 3. The van der Waals surface area contributed by atoms with E-state index in [2.05, 4.69) is 5.32 Å². The van der Waals surface area contributed by atoms with Crippen molar-refractivity contribution < 1.29 is 19.0 Å². The van der Waals surface area contributed by atoms with Gasteiger partial charge in [-0.25, -0.2) is 4.79 Å². The van der Waals surface area contributed by atoms with E-state index in [1.54, 1.807) is 21.1 Å². The summed E-state index contributed by atoms with van der Waals surface area (Å²) in [5.41, 5.74) is 2.00. The molecule has 2 rings (SSSR count). The van der Waals surface area contributed by atoms with Gasteiger partial charge in [-0.1, -0.05) is 0 Å². The molecule has 1 aromatic carbocycles. The lowest BCUT2D eigenvalue weighted by Crippen LogP contribution is -2.36. The Balaban J connectivity index is 2.40. The molecule has 104 valence electrons. The summed E-state index contributed by atoms with van der Waals surface area (Å²) in [6.45, 7) is 2.92. The number of hydrogen-bond acceptors (Lipinski definition) is 5. The molecule has 1 aliphatic heterocycles. The van der Waals surface area contributed by atoms with Gasteiger partial charge in [-0.2, -0.15) is 0 Å². The molecule has 0 fully saturated rings. The Morgan fingerprint density at radius 3 is 2.63 bits per heavy atom. The molecule has 0 aromatic heterocycles. The van der Waals surface area contributed by atoms with Crippen molar-refractivity contribution in [2.24, 2.45) is 0 Å². The summed E-state index contributed by atoms with van der Waals surface area (Å²) in [6.07, 6.45) is 0.853. The van der Waals surface area contributed by atoms with Gasteiger partial charge in [0.25, 0.3) is 0 Å². The molecule has 1 aromatic rings. The fraction of sp³-hybridized carbons (Fsp3) is 0.500. The highest BCUT2D eigenvalue weighted by Crippen LogP contribution is 2.35. The molecule has 0 bridgehead atoms. The number of carbonyl (C=O) groups is 1. The summed E-state index contributed by atoms with van der Waals surface area (Å²) in [6, 6.07) is 3.35. The number of nitrogens with one attached hydrogen (secondary N) is 1. The largest absolute Gasteiger partial charge is 0.493 e. The molecule has 0 spiro atoms. The average molecular weight is 265 g/mol. The van der Waals surface area contributed by atoms with Gasteiger partial charge in [0, 0.05) is 6.54 Å². The number of rotatable bonds is 4. The second-order valence-electron chi connectivity index (χ2n) is 4.30. The lowest BCUT2D eigenvalue weighted by Gasteiger charge is -2.26. The lowest BCUT2D eigenvalue weighted by atomic mass is 9.93. The normalized spacial score (nSPS) is 17.5. The lowest BCUT2D eigenvalue weighted by molar-refractivity contribution is -0.146. The van der Waals surface area contributed by atoms with Crippen LogP contribution < -0.4 is 14.8 Å². The topological polar surface area (TPSA) is 56.8 Å². The van der Waals surface area contributed by atoms with Gasteiger partial charge in [-0.15, -0.1) is 0 Å². The summed E-state index contributed by atoms with van der Waals surface area (Å²) in [5.74, 6) is 1.06. The van der Waals surface area contributed by atoms with Crippen LogP contribution in [0, 0.1) is 0 Å². The summed E-state index contributed by atoms with van der Waals surface area (Å²) in [4.78, 5) is 12.0. The molecule has 1 unspecified atom stereocenters. The summed E-state index contributed by atoms with van der Waals surface area (Å²) in [7, 11) is 3.19. The van der Waals surface area contributed by atoms with E-state index in [-0.39, 0.29) is 5.97 Å². The Morgan fingerprint density at radius 1 is 1.32 bits per heavy atom. The number of carbonyl (C=O) groups excluding carboxylic acids is 1. The Bertz CT molecular complexity index is 473. The van der Waals surface area contributed by atoms with Crippen LogP contribution >= 0.6 is 0 Å². The number of fused-ring (bicyclic) bond motifs is 1. The van der Waals surface area contributed by atoms with Crippen molar-refractivity contribution in [3.8, 4) is 11.5 Å². The van der Waals surface area contributed by atoms with Gasteiger partial charge >= 0.3 is 5.97 Å². The van der Waals surface area contributed by atoms with Crippen LogP contribution in [-0.2, 0) is 16.0 Å². The van der Waals surface area contributed by atoms with Crippen molar-refractivity contribution in [1.82, 2.24) is 5.32 Å². The van der Waals surface area contributed by atoms with Crippen molar-refractivity contribution in [1.29, 1.82) is 0 Å². The van der Waals surface area contributed by atoms with Crippen molar-refractivity contribution in [3.63, 3.8) is 0 Å². The van der Waals surface area contributed by atoms with Gasteiger partial charge in [-0.3, -0.25) is 0 Å². The van der Waals surface area contributed by atoms with Gasteiger partial charge < -0.3 is 19.5 Å². The van der Waals surface area contributed by atoms with Crippen LogP contribution in [-0.4, -0.2) is 33.3 Å². The molecule has 5 nitrogen and oxygen atoms in total. The van der Waals surface area contributed by atoms with Crippen molar-refractivity contribution in [3.05, 3.63) is 23.3 Å². The van der Waals surface area contributed by atoms with Gasteiger partial charge in [0.05, 0.1) is 20.8 Å². The third-order valence-corrected chi connectivity index (χ3v) is 3.22. The van der Waals surface area contributed by atoms with Crippen LogP contribution in [0.3, 0.4) is 0 Å². The van der Waals surface area contributed by atoms with E-state index in [4.69, 9.17) is 14.2 Å². The Kier molecular flexibility index (Phi) is 4.27. The molecule has 1 aliphatic rings. The van der Waals surface area contributed by atoms with Gasteiger partial charge in [0.1, 0.15) is 6.04 Å². The number of hydrogen-bond donors (Lipinski definition) is 1. The Labute approximate surface area is 112 Å². The van der Waals surface area contributed by atoms with E-state index in [1.807, 2.05) is 12.1 Å². The molecule has 1 N–H and O–H groups in total. The van der Waals surface area contributed by atoms with E-state index >= 15 is 0 Å². The highest BCUT2D eigenvalue weighted by molar-refractivity contribution is 5.79. The van der Waals surface area contributed by atoms with Crippen LogP contribution in [0.2, 0.25) is 0 Å². The zero-order chi connectivity index (χ0) is 13.8. The monoisotopic (exact) mass is 265 g/mol. The molecule has 1 heterocycles. The first-order valence-corrected chi connectivity index (χ1v) is 6.36. The number of methoxy groups -OCH3 is 2. The van der Waals surface area contributed by atoms with E-state index in [0.717, 1.165) is 24.1 Å².